The van der Waals surface area contributed by atoms with Gasteiger partial charge in [0.2, 0.25) is 0 Å². The van der Waals surface area contributed by atoms with Crippen LogP contribution in [-0.4, -0.2) is 27.0 Å². The van der Waals surface area contributed by atoms with Gasteiger partial charge in [-0.2, -0.15) is 0 Å². The number of amides is 1. The molecule has 124 valence electrons. The lowest BCUT2D eigenvalue weighted by Crippen LogP contribution is -2.27. The highest BCUT2D eigenvalue weighted by Gasteiger charge is 2.09. The molecule has 6 heteroatoms. The summed E-state index contributed by atoms with van der Waals surface area (Å²) in [6, 6.07) is 10.5. The normalized spacial score (nSPS) is 10.4. The summed E-state index contributed by atoms with van der Waals surface area (Å²) in [5.74, 6) is 2.52. The lowest BCUT2D eigenvalue weighted by Gasteiger charge is -2.09. The summed E-state index contributed by atoms with van der Waals surface area (Å²) in [5, 5.41) is 3.54. The third-order valence-corrected chi connectivity index (χ3v) is 3.75. The summed E-state index contributed by atoms with van der Waals surface area (Å²) in [6.45, 7) is 2.21. The van der Waals surface area contributed by atoms with E-state index in [-0.39, 0.29) is 24.6 Å². The maximum atomic E-state index is 12.1. The predicted molar refractivity (Wildman–Crippen MR) is 95.2 cm³/mol. The summed E-state index contributed by atoms with van der Waals surface area (Å²) >= 11 is 0. The lowest BCUT2D eigenvalue weighted by molar-refractivity contribution is 0.0958. The number of nitrogens with zero attached hydrogens (tertiary/aromatic N) is 3. The Bertz CT molecular complexity index is 1050. The summed E-state index contributed by atoms with van der Waals surface area (Å²) in [6.07, 6.45) is 6.62. The first-order chi connectivity index (χ1) is 12.1. The van der Waals surface area contributed by atoms with Crippen LogP contribution in [0.2, 0.25) is 0 Å². The van der Waals surface area contributed by atoms with E-state index in [1.807, 2.05) is 31.2 Å². The van der Waals surface area contributed by atoms with Crippen molar-refractivity contribution in [3.63, 3.8) is 0 Å². The summed E-state index contributed by atoms with van der Waals surface area (Å²) in [7, 11) is 0. The molecule has 6 nitrogen and oxygen atoms in total. The Hall–Kier alpha value is -3.46. The van der Waals surface area contributed by atoms with Gasteiger partial charge >= 0.3 is 0 Å². The molecule has 0 aliphatic rings. The average Bonchev–Trinajstić information content (AvgIpc) is 2.61. The highest BCUT2D eigenvalue weighted by molar-refractivity contribution is 5.94. The second-order valence-electron chi connectivity index (χ2n) is 5.51. The SMILES string of the molecule is C#CCNC(=O)c1ccc(=O)n(Cc2nc(C)c3ccccc3n2)c1. The Balaban J connectivity index is 1.94. The van der Waals surface area contributed by atoms with Gasteiger partial charge in [0.25, 0.3) is 11.5 Å². The molecule has 0 atom stereocenters. The fourth-order valence-electron chi connectivity index (χ4n) is 2.54. The number of terminal acetylenes is 1. The highest BCUT2D eigenvalue weighted by Crippen LogP contribution is 2.14. The number of hydrogen-bond acceptors (Lipinski definition) is 4. The molecule has 0 fully saturated rings. The van der Waals surface area contributed by atoms with Crippen LogP contribution in [0.5, 0.6) is 0 Å². The Labute approximate surface area is 144 Å². The van der Waals surface area contributed by atoms with Crippen molar-refractivity contribution in [3.8, 4) is 12.3 Å². The zero-order valence-corrected chi connectivity index (χ0v) is 13.7. The van der Waals surface area contributed by atoms with E-state index in [0.717, 1.165) is 16.6 Å². The zero-order chi connectivity index (χ0) is 17.8. The molecule has 0 spiro atoms. The summed E-state index contributed by atoms with van der Waals surface area (Å²) in [4.78, 5) is 33.1. The van der Waals surface area contributed by atoms with Gasteiger partial charge in [0.15, 0.2) is 0 Å². The van der Waals surface area contributed by atoms with Gasteiger partial charge in [-0.25, -0.2) is 9.97 Å². The minimum atomic E-state index is -0.331. The molecule has 1 N–H and O–H groups in total. The number of benzene rings is 1. The first-order valence-electron chi connectivity index (χ1n) is 7.73. The predicted octanol–water partition coefficient (Wildman–Crippen LogP) is 1.51. The van der Waals surface area contributed by atoms with E-state index in [1.54, 1.807) is 0 Å². The van der Waals surface area contributed by atoms with Crippen LogP contribution in [-0.2, 0) is 6.54 Å². The topological polar surface area (TPSA) is 76.9 Å². The molecule has 1 amide bonds. The molecular formula is C19H16N4O2. The molecule has 0 aliphatic heterocycles. The number of rotatable bonds is 4. The number of nitrogens with one attached hydrogen (secondary N) is 1. The van der Waals surface area contributed by atoms with Crippen molar-refractivity contribution in [2.75, 3.05) is 6.54 Å². The van der Waals surface area contributed by atoms with Crippen molar-refractivity contribution in [1.29, 1.82) is 0 Å². The van der Waals surface area contributed by atoms with Crippen molar-refractivity contribution in [3.05, 3.63) is 70.0 Å². The van der Waals surface area contributed by atoms with E-state index in [2.05, 4.69) is 21.2 Å². The van der Waals surface area contributed by atoms with Gasteiger partial charge < -0.3 is 9.88 Å². The molecule has 0 saturated heterocycles. The van der Waals surface area contributed by atoms with Crippen molar-refractivity contribution in [2.24, 2.45) is 0 Å². The van der Waals surface area contributed by atoms with Crippen LogP contribution in [0.3, 0.4) is 0 Å². The van der Waals surface area contributed by atoms with E-state index < -0.39 is 0 Å². The second-order valence-corrected chi connectivity index (χ2v) is 5.51. The molecule has 1 aromatic carbocycles. The van der Waals surface area contributed by atoms with Crippen LogP contribution >= 0.6 is 0 Å². The molecule has 2 aromatic heterocycles. The smallest absolute Gasteiger partial charge is 0.253 e. The van der Waals surface area contributed by atoms with Gasteiger partial charge in [0, 0.05) is 23.3 Å². The lowest BCUT2D eigenvalue weighted by atomic mass is 10.2. The molecular weight excluding hydrogens is 316 g/mol. The van der Waals surface area contributed by atoms with Crippen LogP contribution in [0.25, 0.3) is 10.9 Å². The first kappa shape index (κ1) is 16.4. The van der Waals surface area contributed by atoms with E-state index in [0.29, 0.717) is 11.4 Å². The summed E-state index contributed by atoms with van der Waals surface area (Å²) < 4.78 is 1.41. The second kappa shape index (κ2) is 6.97. The molecule has 0 unspecified atom stereocenters. The molecule has 3 aromatic rings. The largest absolute Gasteiger partial charge is 0.341 e. The number of carbonyl (C=O) groups is 1. The number of aromatic nitrogens is 3. The van der Waals surface area contributed by atoms with Crippen LogP contribution in [0, 0.1) is 19.3 Å². The van der Waals surface area contributed by atoms with Crippen LogP contribution in [0.1, 0.15) is 21.9 Å². The number of aryl methyl sites for hydroxylation is 1. The van der Waals surface area contributed by atoms with Gasteiger partial charge in [0.05, 0.1) is 24.2 Å². The third-order valence-electron chi connectivity index (χ3n) is 3.75. The van der Waals surface area contributed by atoms with Crippen molar-refractivity contribution in [2.45, 2.75) is 13.5 Å². The maximum absolute atomic E-state index is 12.1. The number of pyridine rings is 1. The third kappa shape index (κ3) is 3.56. The molecule has 0 radical (unpaired) electrons. The zero-order valence-electron chi connectivity index (χ0n) is 13.7. The fraction of sp³-hybridized carbons (Fsp3) is 0.158. The average molecular weight is 332 g/mol. The minimum absolute atomic E-state index is 0.130. The van der Waals surface area contributed by atoms with E-state index >= 15 is 0 Å². The molecule has 0 bridgehead atoms. The Morgan fingerprint density at radius 2 is 2.04 bits per heavy atom. The van der Waals surface area contributed by atoms with Gasteiger partial charge in [0.1, 0.15) is 5.82 Å². The fourth-order valence-corrected chi connectivity index (χ4v) is 2.54. The van der Waals surface area contributed by atoms with Gasteiger partial charge in [-0.05, 0) is 19.1 Å². The number of carbonyl (C=O) groups excluding carboxylic acids is 1. The van der Waals surface area contributed by atoms with Crippen LogP contribution in [0.4, 0.5) is 0 Å². The monoisotopic (exact) mass is 332 g/mol. The Morgan fingerprint density at radius 3 is 2.84 bits per heavy atom. The minimum Gasteiger partial charge on any atom is -0.341 e. The van der Waals surface area contributed by atoms with Crippen LogP contribution in [0.15, 0.2) is 47.4 Å². The number of hydrogen-bond donors (Lipinski definition) is 1. The van der Waals surface area contributed by atoms with Gasteiger partial charge in [-0.1, -0.05) is 24.1 Å². The van der Waals surface area contributed by atoms with E-state index in [4.69, 9.17) is 6.42 Å². The van der Waals surface area contributed by atoms with Gasteiger partial charge in [-0.3, -0.25) is 9.59 Å². The Kier molecular flexibility index (Phi) is 4.57. The number of para-hydroxylation sites is 1. The molecule has 0 saturated carbocycles. The van der Waals surface area contributed by atoms with E-state index in [9.17, 15) is 9.59 Å². The Morgan fingerprint density at radius 1 is 1.24 bits per heavy atom. The first-order valence-corrected chi connectivity index (χ1v) is 7.73. The van der Waals surface area contributed by atoms with E-state index in [1.165, 1.54) is 22.9 Å². The van der Waals surface area contributed by atoms with Crippen molar-refractivity contribution < 1.29 is 4.79 Å². The van der Waals surface area contributed by atoms with Crippen molar-refractivity contribution >= 4 is 16.8 Å². The molecule has 3 rings (SSSR count). The number of fused-ring (bicyclic) bond motifs is 1. The van der Waals surface area contributed by atoms with Crippen molar-refractivity contribution in [1.82, 2.24) is 19.9 Å². The summed E-state index contributed by atoms with van der Waals surface area (Å²) in [5.41, 5.74) is 1.79. The highest BCUT2D eigenvalue weighted by atomic mass is 16.2. The quantitative estimate of drug-likeness (QED) is 0.735. The maximum Gasteiger partial charge on any atom is 0.253 e. The van der Waals surface area contributed by atoms with Gasteiger partial charge in [-0.15, -0.1) is 6.42 Å². The standard InChI is InChI=1S/C19H16N4O2/c1-3-10-20-19(25)14-8-9-18(24)23(11-14)12-17-21-13(2)15-6-4-5-7-16(15)22-17/h1,4-9,11H,10,12H2,2H3,(H,20,25). The molecule has 2 heterocycles. The molecule has 25 heavy (non-hydrogen) atoms. The molecule has 0 aliphatic carbocycles. The van der Waals surface area contributed by atoms with Crippen LogP contribution < -0.4 is 10.9 Å².